The van der Waals surface area contributed by atoms with E-state index in [1.807, 2.05) is 6.92 Å². The van der Waals surface area contributed by atoms with E-state index in [4.69, 9.17) is 0 Å². The molecule has 0 spiro atoms. The van der Waals surface area contributed by atoms with Crippen LogP contribution in [0.3, 0.4) is 0 Å². The number of rotatable bonds is 1. The standard InChI is InChI=1S/C3H6OS2.Na.H2O.H/c1-2-4-3(5)6;;;/h2H2,1H3,(H,5,6);;1H2;. The first kappa shape index (κ1) is 16.1. The molecule has 0 saturated heterocycles. The van der Waals surface area contributed by atoms with Gasteiger partial charge in [-0.25, -0.2) is 0 Å². The maximum absolute atomic E-state index is 4.64. The summed E-state index contributed by atoms with van der Waals surface area (Å²) >= 11 is 8.12. The van der Waals surface area contributed by atoms with Crippen molar-refractivity contribution in [3.8, 4) is 0 Å². The Balaban J connectivity index is -0.000000125. The summed E-state index contributed by atoms with van der Waals surface area (Å²) < 4.78 is 4.95. The van der Waals surface area contributed by atoms with Crippen molar-refractivity contribution < 1.29 is 10.2 Å². The summed E-state index contributed by atoms with van der Waals surface area (Å²) in [5, 5.41) is 0. The fraction of sp³-hybridized carbons (Fsp3) is 0.667. The molecule has 0 aromatic heterocycles. The molecule has 0 aromatic rings. The third-order valence-corrected chi connectivity index (χ3v) is 0.515. The molecule has 0 aliphatic heterocycles. The third kappa shape index (κ3) is 15.7. The predicted octanol–water partition coefficient (Wildman–Crippen LogP) is -0.236. The van der Waals surface area contributed by atoms with E-state index in [0.717, 1.165) is 0 Å². The van der Waals surface area contributed by atoms with Crippen molar-refractivity contribution in [3.63, 3.8) is 0 Å². The zero-order chi connectivity index (χ0) is 4.99. The molecule has 46 valence electrons. The van der Waals surface area contributed by atoms with E-state index in [2.05, 4.69) is 29.6 Å². The molecule has 0 heterocycles. The molecule has 2 nitrogen and oxygen atoms in total. The SMILES string of the molecule is CCOC(=S)S.O.[NaH]. The van der Waals surface area contributed by atoms with Crippen LogP contribution in [0.15, 0.2) is 0 Å². The molecule has 0 aliphatic rings. The van der Waals surface area contributed by atoms with Crippen LogP contribution in [-0.4, -0.2) is 46.0 Å². The van der Waals surface area contributed by atoms with E-state index in [9.17, 15) is 0 Å². The van der Waals surface area contributed by atoms with Gasteiger partial charge in [0.1, 0.15) is 0 Å². The van der Waals surface area contributed by atoms with Gasteiger partial charge in [0.2, 0.25) is 4.38 Å². The van der Waals surface area contributed by atoms with Gasteiger partial charge in [-0.1, -0.05) is 12.6 Å². The number of hydrogen-bond donors (Lipinski definition) is 1. The van der Waals surface area contributed by atoms with Crippen molar-refractivity contribution in [2.24, 2.45) is 0 Å². The van der Waals surface area contributed by atoms with Gasteiger partial charge in [-0.05, 0) is 19.1 Å². The predicted molar refractivity (Wildman–Crippen MR) is 44.0 cm³/mol. The van der Waals surface area contributed by atoms with Crippen molar-refractivity contribution in [1.82, 2.24) is 0 Å². The van der Waals surface area contributed by atoms with Crippen LogP contribution in [0.1, 0.15) is 6.92 Å². The summed E-state index contributed by atoms with van der Waals surface area (Å²) in [4.78, 5) is 0. The zero-order valence-electron chi connectivity index (χ0n) is 3.97. The van der Waals surface area contributed by atoms with Gasteiger partial charge >= 0.3 is 29.6 Å². The van der Waals surface area contributed by atoms with Crippen LogP contribution < -0.4 is 0 Å². The second-order valence-corrected chi connectivity index (χ2v) is 1.78. The molecular weight excluding hydrogens is 155 g/mol. The van der Waals surface area contributed by atoms with Crippen molar-refractivity contribution >= 4 is 58.8 Å². The van der Waals surface area contributed by atoms with Gasteiger partial charge in [0, 0.05) is 0 Å². The van der Waals surface area contributed by atoms with Crippen molar-refractivity contribution in [2.45, 2.75) is 6.92 Å². The molecule has 0 saturated carbocycles. The second kappa shape index (κ2) is 11.1. The van der Waals surface area contributed by atoms with E-state index in [1.54, 1.807) is 0 Å². The summed E-state index contributed by atoms with van der Waals surface area (Å²) in [5.41, 5.74) is 0. The van der Waals surface area contributed by atoms with Crippen molar-refractivity contribution in [2.75, 3.05) is 6.61 Å². The molecule has 5 heteroatoms. The van der Waals surface area contributed by atoms with Gasteiger partial charge in [0.05, 0.1) is 6.61 Å². The molecular formula is C3H9NaO2S2. The van der Waals surface area contributed by atoms with Crippen molar-refractivity contribution in [1.29, 1.82) is 0 Å². The van der Waals surface area contributed by atoms with Crippen LogP contribution in [0.2, 0.25) is 0 Å². The fourth-order valence-corrected chi connectivity index (χ4v) is 0.370. The molecule has 0 amide bonds. The van der Waals surface area contributed by atoms with E-state index in [0.29, 0.717) is 11.0 Å². The molecule has 0 atom stereocenters. The van der Waals surface area contributed by atoms with Crippen LogP contribution in [0.4, 0.5) is 0 Å². The van der Waals surface area contributed by atoms with Gasteiger partial charge in [0.25, 0.3) is 0 Å². The van der Waals surface area contributed by atoms with Gasteiger partial charge < -0.3 is 10.2 Å². The zero-order valence-corrected chi connectivity index (χ0v) is 5.68. The average molecular weight is 164 g/mol. The Labute approximate surface area is 82.0 Å². The molecule has 0 rings (SSSR count). The molecule has 8 heavy (non-hydrogen) atoms. The first-order chi connectivity index (χ1) is 2.77. The summed E-state index contributed by atoms with van der Waals surface area (Å²) in [6, 6.07) is 0. The Morgan fingerprint density at radius 2 is 2.12 bits per heavy atom. The number of thiocarbonyl (C=S) groups is 1. The normalized spacial score (nSPS) is 5.75. The molecule has 0 bridgehead atoms. The van der Waals surface area contributed by atoms with E-state index >= 15 is 0 Å². The Morgan fingerprint density at radius 3 is 2.12 bits per heavy atom. The monoisotopic (exact) mass is 164 g/mol. The van der Waals surface area contributed by atoms with E-state index in [1.165, 1.54) is 0 Å². The molecule has 0 unspecified atom stereocenters. The molecule has 0 aliphatic carbocycles. The van der Waals surface area contributed by atoms with E-state index < -0.39 is 0 Å². The van der Waals surface area contributed by atoms with Crippen LogP contribution in [0.5, 0.6) is 0 Å². The van der Waals surface area contributed by atoms with Crippen LogP contribution in [0, 0.1) is 0 Å². The van der Waals surface area contributed by atoms with Gasteiger partial charge in [0.15, 0.2) is 0 Å². The molecule has 0 aromatic carbocycles. The second-order valence-electron chi connectivity index (χ2n) is 0.699. The average Bonchev–Trinajstić information content (AvgIpc) is 1.35. The number of ether oxygens (including phenoxy) is 1. The van der Waals surface area contributed by atoms with Crippen LogP contribution in [-0.2, 0) is 4.74 Å². The Bertz CT molecular complexity index is 59.2. The van der Waals surface area contributed by atoms with Crippen LogP contribution >= 0.6 is 24.8 Å². The minimum absolute atomic E-state index is 0. The fourth-order valence-electron chi connectivity index (χ4n) is 0.123. The van der Waals surface area contributed by atoms with Gasteiger partial charge in [-0.2, -0.15) is 0 Å². The van der Waals surface area contributed by atoms with Gasteiger partial charge in [-0.3, -0.25) is 0 Å². The summed E-state index contributed by atoms with van der Waals surface area (Å²) in [5.74, 6) is 0. The van der Waals surface area contributed by atoms with Crippen molar-refractivity contribution in [3.05, 3.63) is 0 Å². The van der Waals surface area contributed by atoms with Crippen LogP contribution in [0.25, 0.3) is 0 Å². The maximum atomic E-state index is 4.64. The first-order valence-electron chi connectivity index (χ1n) is 1.63. The van der Waals surface area contributed by atoms with Gasteiger partial charge in [-0.15, -0.1) is 0 Å². The number of thiol groups is 1. The molecule has 0 radical (unpaired) electrons. The number of hydrogen-bond acceptors (Lipinski definition) is 2. The molecule has 2 N–H and O–H groups in total. The summed E-state index contributed by atoms with van der Waals surface area (Å²) in [6.45, 7) is 2.48. The Morgan fingerprint density at radius 1 is 1.75 bits per heavy atom. The summed E-state index contributed by atoms with van der Waals surface area (Å²) in [6.07, 6.45) is 0. The Hall–Kier alpha value is 1.20. The Kier molecular flexibility index (Phi) is 22.2. The topological polar surface area (TPSA) is 40.7 Å². The summed E-state index contributed by atoms with van der Waals surface area (Å²) in [7, 11) is 0. The van der Waals surface area contributed by atoms with E-state index in [-0.39, 0.29) is 35.0 Å². The molecule has 0 fully saturated rings. The first-order valence-corrected chi connectivity index (χ1v) is 2.48. The third-order valence-electron chi connectivity index (χ3n) is 0.268. The quantitative estimate of drug-likeness (QED) is 0.330. The minimum atomic E-state index is 0.